The molecule has 4 nitrogen and oxygen atoms in total. The number of hydrogen-bond donors (Lipinski definition) is 3. The van der Waals surface area contributed by atoms with Crippen LogP contribution in [0.2, 0.25) is 0 Å². The monoisotopic (exact) mass is 218 g/mol. The largest absolute Gasteiger partial charge is 0.478 e. The molecule has 1 saturated heterocycles. The average molecular weight is 218 g/mol. The Kier molecular flexibility index (Phi) is 2.11. The lowest BCUT2D eigenvalue weighted by Crippen LogP contribution is -2.38. The summed E-state index contributed by atoms with van der Waals surface area (Å²) in [5.74, 6) is -0.432. The van der Waals surface area contributed by atoms with Crippen LogP contribution in [-0.2, 0) is 0 Å². The normalized spacial score (nSPS) is 26.8. The number of rotatable bonds is 1. The van der Waals surface area contributed by atoms with Crippen molar-refractivity contribution in [2.24, 2.45) is 0 Å². The van der Waals surface area contributed by atoms with E-state index in [1.807, 2.05) is 12.1 Å². The first-order chi connectivity index (χ1) is 7.75. The molecule has 84 valence electrons. The molecule has 1 aromatic rings. The summed E-state index contributed by atoms with van der Waals surface area (Å²) in [6.07, 6.45) is 1.10. The molecule has 1 aromatic carbocycles. The number of anilines is 1. The summed E-state index contributed by atoms with van der Waals surface area (Å²) in [6.45, 7) is 1.97. The van der Waals surface area contributed by atoms with Gasteiger partial charge in [-0.3, -0.25) is 0 Å². The molecule has 2 heterocycles. The summed E-state index contributed by atoms with van der Waals surface area (Å²) in [5, 5.41) is 15.8. The first kappa shape index (κ1) is 9.66. The number of fused-ring (bicyclic) bond motifs is 3. The van der Waals surface area contributed by atoms with Gasteiger partial charge in [0.25, 0.3) is 0 Å². The highest BCUT2D eigenvalue weighted by molar-refractivity contribution is 5.89. The van der Waals surface area contributed by atoms with Gasteiger partial charge in [-0.15, -0.1) is 0 Å². The first-order valence-corrected chi connectivity index (χ1v) is 5.60. The molecule has 0 aliphatic carbocycles. The molecule has 3 N–H and O–H groups in total. The zero-order chi connectivity index (χ0) is 11.1. The van der Waals surface area contributed by atoms with E-state index >= 15 is 0 Å². The lowest BCUT2D eigenvalue weighted by Gasteiger charge is -2.26. The van der Waals surface area contributed by atoms with Crippen LogP contribution < -0.4 is 10.6 Å². The van der Waals surface area contributed by atoms with E-state index in [1.54, 1.807) is 6.07 Å². The predicted molar refractivity (Wildman–Crippen MR) is 61.0 cm³/mol. The molecular weight excluding hydrogens is 204 g/mol. The SMILES string of the molecule is O=C(O)c1ccc2c(c1)C1CNCCC1N2. The van der Waals surface area contributed by atoms with Gasteiger partial charge in [-0.2, -0.15) is 0 Å². The Balaban J connectivity index is 2.00. The molecular formula is C12H14N2O2. The molecule has 3 rings (SSSR count). The Morgan fingerprint density at radius 3 is 3.12 bits per heavy atom. The van der Waals surface area contributed by atoms with Gasteiger partial charge in [-0.25, -0.2) is 4.79 Å². The third kappa shape index (κ3) is 1.38. The topological polar surface area (TPSA) is 61.4 Å². The van der Waals surface area contributed by atoms with Gasteiger partial charge in [0.1, 0.15) is 0 Å². The Hall–Kier alpha value is -1.55. The van der Waals surface area contributed by atoms with Crippen LogP contribution >= 0.6 is 0 Å². The highest BCUT2D eigenvalue weighted by atomic mass is 16.4. The molecule has 2 aliphatic rings. The van der Waals surface area contributed by atoms with E-state index in [9.17, 15) is 4.79 Å². The number of piperidine rings is 1. The van der Waals surface area contributed by atoms with Gasteiger partial charge < -0.3 is 15.7 Å². The summed E-state index contributed by atoms with van der Waals surface area (Å²) in [7, 11) is 0. The molecule has 2 atom stereocenters. The fraction of sp³-hybridized carbons (Fsp3) is 0.417. The van der Waals surface area contributed by atoms with Gasteiger partial charge in [0.15, 0.2) is 0 Å². The average Bonchev–Trinajstić information content (AvgIpc) is 2.66. The highest BCUT2D eigenvalue weighted by Gasteiger charge is 2.34. The Bertz CT molecular complexity index is 445. The molecule has 0 radical (unpaired) electrons. The Morgan fingerprint density at radius 2 is 2.31 bits per heavy atom. The number of nitrogens with one attached hydrogen (secondary N) is 2. The van der Waals surface area contributed by atoms with Crippen LogP contribution in [0.1, 0.15) is 28.3 Å². The Labute approximate surface area is 93.7 Å². The number of carboxylic acid groups (broad SMARTS) is 1. The van der Waals surface area contributed by atoms with E-state index in [0.29, 0.717) is 17.5 Å². The molecule has 4 heteroatoms. The van der Waals surface area contributed by atoms with E-state index in [0.717, 1.165) is 30.8 Å². The maximum absolute atomic E-state index is 10.9. The smallest absolute Gasteiger partial charge is 0.335 e. The molecule has 0 saturated carbocycles. The number of aromatic carboxylic acids is 1. The van der Waals surface area contributed by atoms with Crippen LogP contribution in [0, 0.1) is 0 Å². The fourth-order valence-corrected chi connectivity index (χ4v) is 2.69. The van der Waals surface area contributed by atoms with Gasteiger partial charge in [0, 0.05) is 24.2 Å². The van der Waals surface area contributed by atoms with Crippen molar-refractivity contribution in [1.29, 1.82) is 0 Å². The zero-order valence-electron chi connectivity index (χ0n) is 8.86. The van der Waals surface area contributed by atoms with Crippen molar-refractivity contribution in [2.45, 2.75) is 18.4 Å². The van der Waals surface area contributed by atoms with Gasteiger partial charge in [0.05, 0.1) is 5.56 Å². The van der Waals surface area contributed by atoms with Crippen molar-refractivity contribution in [3.8, 4) is 0 Å². The van der Waals surface area contributed by atoms with Crippen LogP contribution in [0.3, 0.4) is 0 Å². The molecule has 0 spiro atoms. The summed E-state index contributed by atoms with van der Waals surface area (Å²) in [6, 6.07) is 5.83. The van der Waals surface area contributed by atoms with Gasteiger partial charge >= 0.3 is 5.97 Å². The lowest BCUT2D eigenvalue weighted by atomic mass is 9.90. The Morgan fingerprint density at radius 1 is 1.44 bits per heavy atom. The molecule has 2 unspecified atom stereocenters. The molecule has 0 aromatic heterocycles. The minimum atomic E-state index is -0.852. The van der Waals surface area contributed by atoms with Crippen molar-refractivity contribution in [3.05, 3.63) is 29.3 Å². The van der Waals surface area contributed by atoms with Crippen LogP contribution in [0.4, 0.5) is 5.69 Å². The van der Waals surface area contributed by atoms with Crippen molar-refractivity contribution in [1.82, 2.24) is 5.32 Å². The van der Waals surface area contributed by atoms with Gasteiger partial charge in [-0.05, 0) is 36.7 Å². The van der Waals surface area contributed by atoms with E-state index < -0.39 is 5.97 Å². The van der Waals surface area contributed by atoms with Gasteiger partial charge in [-0.1, -0.05) is 0 Å². The summed E-state index contributed by atoms with van der Waals surface area (Å²) in [4.78, 5) is 10.9. The molecule has 1 fully saturated rings. The number of carboxylic acids is 1. The molecule has 0 amide bonds. The summed E-state index contributed by atoms with van der Waals surface area (Å²) in [5.41, 5.74) is 2.63. The second-order valence-electron chi connectivity index (χ2n) is 4.46. The van der Waals surface area contributed by atoms with Gasteiger partial charge in [0.2, 0.25) is 0 Å². The summed E-state index contributed by atoms with van der Waals surface area (Å²) >= 11 is 0. The number of hydrogen-bond acceptors (Lipinski definition) is 3. The van der Waals surface area contributed by atoms with Crippen LogP contribution in [0.25, 0.3) is 0 Å². The standard InChI is InChI=1S/C12H14N2O2/c15-12(16)7-1-2-10-8(5-7)9-6-13-4-3-11(9)14-10/h1-2,5,9,11,13-14H,3-4,6H2,(H,15,16). The quantitative estimate of drug-likeness (QED) is 0.664. The minimum absolute atomic E-state index is 0.381. The minimum Gasteiger partial charge on any atom is -0.478 e. The van der Waals surface area contributed by atoms with Crippen molar-refractivity contribution in [2.75, 3.05) is 18.4 Å². The fourth-order valence-electron chi connectivity index (χ4n) is 2.69. The third-order valence-electron chi connectivity index (χ3n) is 3.52. The number of carbonyl (C=O) groups is 1. The van der Waals surface area contributed by atoms with Crippen LogP contribution in [0.5, 0.6) is 0 Å². The van der Waals surface area contributed by atoms with Crippen LogP contribution in [0.15, 0.2) is 18.2 Å². The van der Waals surface area contributed by atoms with E-state index in [1.165, 1.54) is 0 Å². The highest BCUT2D eigenvalue weighted by Crippen LogP contribution is 2.38. The first-order valence-electron chi connectivity index (χ1n) is 5.60. The second-order valence-corrected chi connectivity index (χ2v) is 4.46. The number of benzene rings is 1. The van der Waals surface area contributed by atoms with Crippen molar-refractivity contribution in [3.63, 3.8) is 0 Å². The molecule has 2 aliphatic heterocycles. The van der Waals surface area contributed by atoms with Crippen LogP contribution in [-0.4, -0.2) is 30.2 Å². The lowest BCUT2D eigenvalue weighted by molar-refractivity contribution is 0.0697. The molecule has 0 bridgehead atoms. The third-order valence-corrected chi connectivity index (χ3v) is 3.52. The summed E-state index contributed by atoms with van der Waals surface area (Å²) < 4.78 is 0. The maximum atomic E-state index is 10.9. The maximum Gasteiger partial charge on any atom is 0.335 e. The van der Waals surface area contributed by atoms with E-state index in [2.05, 4.69) is 10.6 Å². The predicted octanol–water partition coefficient (Wildman–Crippen LogP) is 1.26. The van der Waals surface area contributed by atoms with Crippen molar-refractivity contribution < 1.29 is 9.90 Å². The van der Waals surface area contributed by atoms with Crippen molar-refractivity contribution >= 4 is 11.7 Å². The molecule has 16 heavy (non-hydrogen) atoms. The zero-order valence-corrected chi connectivity index (χ0v) is 8.86. The van der Waals surface area contributed by atoms with E-state index in [-0.39, 0.29) is 0 Å². The second kappa shape index (κ2) is 3.49. The van der Waals surface area contributed by atoms with E-state index in [4.69, 9.17) is 5.11 Å².